The first-order chi connectivity index (χ1) is 17.4. The number of rotatable bonds is 5. The molecule has 36 heavy (non-hydrogen) atoms. The van der Waals surface area contributed by atoms with E-state index in [1.807, 2.05) is 11.0 Å². The normalized spacial score (nSPS) is 16.5. The minimum atomic E-state index is -0.689. The molecule has 2 aliphatic rings. The molecule has 1 aliphatic carbocycles. The third kappa shape index (κ3) is 3.97. The van der Waals surface area contributed by atoms with Crippen LogP contribution in [0.25, 0.3) is 22.1 Å². The van der Waals surface area contributed by atoms with Crippen molar-refractivity contribution in [2.45, 2.75) is 31.8 Å². The zero-order valence-electron chi connectivity index (χ0n) is 19.2. The lowest BCUT2D eigenvalue weighted by molar-refractivity contribution is 0.0945. The molecule has 7 nitrogen and oxygen atoms in total. The summed E-state index contributed by atoms with van der Waals surface area (Å²) in [5, 5.41) is 2.79. The van der Waals surface area contributed by atoms with Gasteiger partial charge in [-0.2, -0.15) is 8.78 Å². The van der Waals surface area contributed by atoms with Crippen LogP contribution in [-0.2, 0) is 6.54 Å². The van der Waals surface area contributed by atoms with E-state index in [0.29, 0.717) is 30.6 Å². The largest absolute Gasteiger partial charge is 0.348 e. The number of nitrogens with one attached hydrogen (secondary N) is 2. The van der Waals surface area contributed by atoms with Crippen LogP contribution in [0.5, 0.6) is 0 Å². The van der Waals surface area contributed by atoms with Crippen molar-refractivity contribution in [3.8, 4) is 0 Å². The fraction of sp³-hybridized carbons (Fsp3) is 0.269. The Hall–Kier alpha value is -3.92. The Labute approximate surface area is 203 Å². The summed E-state index contributed by atoms with van der Waals surface area (Å²) in [6, 6.07) is 8.97. The van der Waals surface area contributed by atoms with Gasteiger partial charge >= 0.3 is 0 Å². The molecular weight excluding hydrogens is 471 g/mol. The summed E-state index contributed by atoms with van der Waals surface area (Å²) in [5.74, 6) is -2.30. The molecule has 1 aromatic carbocycles. The van der Waals surface area contributed by atoms with Crippen molar-refractivity contribution >= 4 is 28.0 Å². The van der Waals surface area contributed by atoms with Crippen LogP contribution in [-0.4, -0.2) is 44.3 Å². The van der Waals surface area contributed by atoms with Gasteiger partial charge in [0, 0.05) is 36.8 Å². The maximum absolute atomic E-state index is 15.3. The van der Waals surface area contributed by atoms with Crippen LogP contribution in [0.4, 0.5) is 13.2 Å². The zero-order chi connectivity index (χ0) is 25.0. The van der Waals surface area contributed by atoms with Crippen molar-refractivity contribution in [2.75, 3.05) is 13.1 Å². The predicted molar refractivity (Wildman–Crippen MR) is 128 cm³/mol. The van der Waals surface area contributed by atoms with E-state index in [1.54, 1.807) is 18.2 Å². The van der Waals surface area contributed by atoms with Gasteiger partial charge in [-0.3, -0.25) is 18.9 Å². The second-order valence-electron chi connectivity index (χ2n) is 9.26. The van der Waals surface area contributed by atoms with Gasteiger partial charge in [0.2, 0.25) is 5.95 Å². The molecule has 2 N–H and O–H groups in total. The fourth-order valence-corrected chi connectivity index (χ4v) is 4.68. The van der Waals surface area contributed by atoms with Gasteiger partial charge in [-0.1, -0.05) is 12.1 Å². The molecule has 0 bridgehead atoms. The molecule has 1 saturated carbocycles. The van der Waals surface area contributed by atoms with Gasteiger partial charge < -0.3 is 10.3 Å². The lowest BCUT2D eigenvalue weighted by Gasteiger charge is -2.27. The molecule has 10 heteroatoms. The van der Waals surface area contributed by atoms with Gasteiger partial charge in [0.05, 0.1) is 5.52 Å². The quantitative estimate of drug-likeness (QED) is 0.415. The van der Waals surface area contributed by atoms with E-state index in [4.69, 9.17) is 0 Å². The highest BCUT2D eigenvalue weighted by molar-refractivity contribution is 5.93. The Kier molecular flexibility index (Phi) is 5.40. The summed E-state index contributed by atoms with van der Waals surface area (Å²) in [6.07, 6.45) is 4.26. The molecule has 6 rings (SSSR count). The molecule has 0 saturated heterocycles. The van der Waals surface area contributed by atoms with E-state index in [0.717, 1.165) is 22.8 Å². The SMILES string of the molecule is O=C(NC1CC1)c1ccc(C2=CCN(Cc3ccc4c([nH]c(=O)c5ccc(F)n54)c3F)CC2)c(F)n1. The molecule has 0 spiro atoms. The minimum Gasteiger partial charge on any atom is -0.348 e. The van der Waals surface area contributed by atoms with Crippen molar-refractivity contribution in [1.82, 2.24) is 24.6 Å². The smallest absolute Gasteiger partial charge is 0.272 e. The van der Waals surface area contributed by atoms with Crippen LogP contribution in [0.3, 0.4) is 0 Å². The molecule has 0 atom stereocenters. The monoisotopic (exact) mass is 493 g/mol. The Bertz CT molecular complexity index is 1620. The number of H-pyrrole nitrogens is 1. The highest BCUT2D eigenvalue weighted by atomic mass is 19.1. The average molecular weight is 493 g/mol. The second-order valence-corrected chi connectivity index (χ2v) is 9.26. The molecule has 0 unspecified atom stereocenters. The number of nitrogens with zero attached hydrogens (tertiary/aromatic N) is 3. The molecule has 1 aliphatic heterocycles. The van der Waals surface area contributed by atoms with Crippen molar-refractivity contribution in [2.24, 2.45) is 0 Å². The topological polar surface area (TPSA) is 82.5 Å². The van der Waals surface area contributed by atoms with Crippen molar-refractivity contribution in [3.05, 3.63) is 87.4 Å². The number of carbonyl (C=O) groups is 1. The summed E-state index contributed by atoms with van der Waals surface area (Å²) in [4.78, 5) is 32.8. The number of hydrogen-bond acceptors (Lipinski definition) is 4. The van der Waals surface area contributed by atoms with Gasteiger partial charge in [-0.15, -0.1) is 0 Å². The zero-order valence-corrected chi connectivity index (χ0v) is 19.2. The Morgan fingerprint density at radius 2 is 1.89 bits per heavy atom. The number of benzene rings is 1. The predicted octanol–water partition coefficient (Wildman–Crippen LogP) is 3.77. The lowest BCUT2D eigenvalue weighted by Crippen LogP contribution is -2.29. The fourth-order valence-electron chi connectivity index (χ4n) is 4.68. The maximum atomic E-state index is 15.3. The summed E-state index contributed by atoms with van der Waals surface area (Å²) in [6.45, 7) is 1.27. The van der Waals surface area contributed by atoms with Crippen LogP contribution in [0, 0.1) is 17.7 Å². The van der Waals surface area contributed by atoms with Crippen molar-refractivity contribution in [3.63, 3.8) is 0 Å². The highest BCUT2D eigenvalue weighted by Crippen LogP contribution is 2.27. The van der Waals surface area contributed by atoms with Gasteiger partial charge in [0.1, 0.15) is 16.7 Å². The molecule has 0 radical (unpaired) electrons. The van der Waals surface area contributed by atoms with Crippen LogP contribution in [0.1, 0.15) is 40.9 Å². The number of aromatic nitrogens is 3. The van der Waals surface area contributed by atoms with E-state index >= 15 is 4.39 Å². The number of aromatic amines is 1. The molecule has 3 aromatic heterocycles. The van der Waals surface area contributed by atoms with Crippen LogP contribution >= 0.6 is 0 Å². The van der Waals surface area contributed by atoms with E-state index < -0.39 is 23.3 Å². The molecule has 184 valence electrons. The molecule has 1 amide bonds. The standard InChI is InChI=1S/C26H22F3N5O2/c27-21-8-7-20-26(36)32-23-19(34(20)21)6-1-15(22(23)28)13-33-11-9-14(10-12-33)17-4-5-18(31-24(17)29)25(35)30-16-2-3-16/h1,4-9,16H,2-3,10-13H2,(H,30,35)(H,32,36). The second kappa shape index (κ2) is 8.63. The average Bonchev–Trinajstić information content (AvgIpc) is 3.60. The molecule has 4 heterocycles. The first-order valence-corrected chi connectivity index (χ1v) is 11.8. The number of fused-ring (bicyclic) bond motifs is 3. The number of amides is 1. The number of carbonyl (C=O) groups excluding carboxylic acids is 1. The van der Waals surface area contributed by atoms with E-state index in [9.17, 15) is 18.4 Å². The highest BCUT2D eigenvalue weighted by Gasteiger charge is 2.25. The number of halogens is 3. The van der Waals surface area contributed by atoms with Crippen LogP contribution in [0.15, 0.2) is 47.3 Å². The van der Waals surface area contributed by atoms with Gasteiger partial charge in [0.25, 0.3) is 11.5 Å². The minimum absolute atomic E-state index is 0.0488. The third-order valence-electron chi connectivity index (χ3n) is 6.77. The van der Waals surface area contributed by atoms with Crippen LogP contribution in [0.2, 0.25) is 0 Å². The van der Waals surface area contributed by atoms with Gasteiger partial charge in [-0.05, 0) is 55.2 Å². The van der Waals surface area contributed by atoms with Gasteiger partial charge in [0.15, 0.2) is 11.8 Å². The Morgan fingerprint density at radius 1 is 1.08 bits per heavy atom. The summed E-state index contributed by atoms with van der Waals surface area (Å²) in [7, 11) is 0. The summed E-state index contributed by atoms with van der Waals surface area (Å²) >= 11 is 0. The molecular formula is C26H22F3N5O2. The lowest BCUT2D eigenvalue weighted by atomic mass is 10.00. The van der Waals surface area contributed by atoms with Crippen molar-refractivity contribution in [1.29, 1.82) is 0 Å². The number of hydrogen-bond donors (Lipinski definition) is 2. The Balaban J connectivity index is 1.20. The van der Waals surface area contributed by atoms with E-state index in [-0.39, 0.29) is 40.7 Å². The van der Waals surface area contributed by atoms with E-state index in [1.165, 1.54) is 18.2 Å². The maximum Gasteiger partial charge on any atom is 0.272 e. The molecule has 4 aromatic rings. The van der Waals surface area contributed by atoms with E-state index in [2.05, 4.69) is 15.3 Å². The third-order valence-corrected chi connectivity index (χ3v) is 6.77. The first kappa shape index (κ1) is 22.5. The van der Waals surface area contributed by atoms with Gasteiger partial charge in [-0.25, -0.2) is 9.37 Å². The summed E-state index contributed by atoms with van der Waals surface area (Å²) in [5.41, 5.74) is 1.28. The molecule has 1 fully saturated rings. The number of pyridine rings is 1. The van der Waals surface area contributed by atoms with Crippen LogP contribution < -0.4 is 10.9 Å². The first-order valence-electron chi connectivity index (χ1n) is 11.8. The summed E-state index contributed by atoms with van der Waals surface area (Å²) < 4.78 is 45.3. The van der Waals surface area contributed by atoms with Crippen molar-refractivity contribution < 1.29 is 18.0 Å². The Morgan fingerprint density at radius 3 is 2.61 bits per heavy atom.